The van der Waals surface area contributed by atoms with Gasteiger partial charge in [0.25, 0.3) is 0 Å². The molecule has 2 rings (SSSR count). The first-order valence-corrected chi connectivity index (χ1v) is 5.08. The van der Waals surface area contributed by atoms with Crippen molar-refractivity contribution < 1.29 is 20.4 Å². The number of fused-ring (bicyclic) bond motifs is 1. The molecule has 1 aromatic carbocycles. The summed E-state index contributed by atoms with van der Waals surface area (Å²) >= 11 is 2.30. The third kappa shape index (κ3) is 2.25. The molecule has 0 aromatic heterocycles. The van der Waals surface area contributed by atoms with Crippen molar-refractivity contribution in [1.82, 2.24) is 0 Å². The van der Waals surface area contributed by atoms with E-state index in [1.165, 1.54) is 17.5 Å². The van der Waals surface area contributed by atoms with Crippen LogP contribution in [0.5, 0.6) is 0 Å². The molecule has 0 N–H and O–H groups in total. The van der Waals surface area contributed by atoms with Gasteiger partial charge in [0.15, 0.2) is 0 Å². The Morgan fingerprint density at radius 3 is 2.50 bits per heavy atom. The van der Waals surface area contributed by atoms with E-state index in [1.807, 2.05) is 0 Å². The van der Waals surface area contributed by atoms with Crippen LogP contribution >= 0.6 is 24.8 Å². The van der Waals surface area contributed by atoms with Crippen molar-refractivity contribution in [2.24, 2.45) is 0 Å². The van der Waals surface area contributed by atoms with E-state index in [2.05, 4.69) is 63.8 Å². The average Bonchev–Trinajstić information content (AvgIpc) is 2.46. The summed E-state index contributed by atoms with van der Waals surface area (Å²) in [6.45, 7) is 2.24. The maximum atomic E-state index is 2.32. The minimum atomic E-state index is 0. The van der Waals surface area contributed by atoms with E-state index in [0.717, 1.165) is 0 Å². The van der Waals surface area contributed by atoms with Gasteiger partial charge in [-0.1, -0.05) is 0 Å². The molecule has 0 fully saturated rings. The van der Waals surface area contributed by atoms with Gasteiger partial charge >= 0.3 is 85.0 Å². The standard InChI is InChI=1S/C11H11.2ClH.Ti/c1-2-9-7-8-10-5-3-4-6-11(9)10;;;/h3-8H,2H2,1H3;2*1H;. The Hall–Kier alpha value is 0.254. The van der Waals surface area contributed by atoms with Crippen LogP contribution in [-0.2, 0) is 24.2 Å². The maximum absolute atomic E-state index is 2.32. The molecule has 0 nitrogen and oxygen atoms in total. The molecule has 75 valence electrons. The van der Waals surface area contributed by atoms with E-state index in [9.17, 15) is 0 Å². The van der Waals surface area contributed by atoms with E-state index < -0.39 is 0 Å². The molecule has 1 aromatic rings. The van der Waals surface area contributed by atoms with Crippen molar-refractivity contribution in [3.05, 3.63) is 41.5 Å². The summed E-state index contributed by atoms with van der Waals surface area (Å²) in [6.07, 6.45) is 5.73. The summed E-state index contributed by atoms with van der Waals surface area (Å²) in [7, 11) is 0. The van der Waals surface area contributed by atoms with Crippen LogP contribution in [0.15, 0.2) is 30.3 Å². The zero-order valence-electron chi connectivity index (χ0n) is 7.99. The van der Waals surface area contributed by atoms with Crippen LogP contribution in [0.25, 0.3) is 6.08 Å². The van der Waals surface area contributed by atoms with E-state index in [4.69, 9.17) is 0 Å². The topological polar surface area (TPSA) is 0 Å². The van der Waals surface area contributed by atoms with E-state index in [0.29, 0.717) is 0 Å². The van der Waals surface area contributed by atoms with Crippen LogP contribution in [-0.4, -0.2) is 0 Å². The van der Waals surface area contributed by atoms with Gasteiger partial charge in [0.1, 0.15) is 0 Å². The third-order valence-electron chi connectivity index (χ3n) is 2.55. The van der Waals surface area contributed by atoms with Gasteiger partial charge in [-0.05, 0) is 0 Å². The van der Waals surface area contributed by atoms with Gasteiger partial charge in [0.05, 0.1) is 0 Å². The number of benzene rings is 1. The quantitative estimate of drug-likeness (QED) is 0.678. The predicted octanol–water partition coefficient (Wildman–Crippen LogP) is 3.71. The summed E-state index contributed by atoms with van der Waals surface area (Å²) < 4.78 is 0.288. The Morgan fingerprint density at radius 2 is 1.86 bits per heavy atom. The molecule has 1 unspecified atom stereocenters. The normalized spacial score (nSPS) is 22.0. The number of hydrogen-bond acceptors (Lipinski definition) is 0. The van der Waals surface area contributed by atoms with Crippen molar-refractivity contribution >= 4 is 30.9 Å². The molecule has 0 saturated carbocycles. The molecule has 1 aliphatic rings. The summed E-state index contributed by atoms with van der Waals surface area (Å²) in [4.78, 5) is 0. The smallest absolute Gasteiger partial charge is 0.147 e. The minimum Gasteiger partial charge on any atom is -0.147 e. The molecule has 1 atom stereocenters. The Bertz CT molecular complexity index is 336. The van der Waals surface area contributed by atoms with E-state index >= 15 is 0 Å². The monoisotopic (exact) mass is 263 g/mol. The fraction of sp³-hybridized carbons (Fsp3) is 0.273. The van der Waals surface area contributed by atoms with Crippen molar-refractivity contribution in [1.29, 1.82) is 0 Å². The molecule has 3 heteroatoms. The van der Waals surface area contributed by atoms with Crippen molar-refractivity contribution in [2.45, 2.75) is 17.1 Å². The first-order valence-electron chi connectivity index (χ1n) is 4.30. The molecular formula is C11H13Cl2Ti. The Kier molecular flexibility index (Phi) is 5.47. The van der Waals surface area contributed by atoms with Crippen LogP contribution < -0.4 is 0 Å². The zero-order valence-corrected chi connectivity index (χ0v) is 11.2. The van der Waals surface area contributed by atoms with E-state index in [1.54, 1.807) is 0 Å². The van der Waals surface area contributed by atoms with Gasteiger partial charge in [-0.25, -0.2) is 0 Å². The molecule has 14 heavy (non-hydrogen) atoms. The van der Waals surface area contributed by atoms with Crippen LogP contribution in [0.4, 0.5) is 0 Å². The fourth-order valence-corrected chi connectivity index (χ4v) is 2.16. The van der Waals surface area contributed by atoms with Crippen molar-refractivity contribution in [3.8, 4) is 0 Å². The first-order chi connectivity index (χ1) is 5.76. The molecule has 0 bridgehead atoms. The van der Waals surface area contributed by atoms with Crippen LogP contribution in [0.2, 0.25) is 0 Å². The van der Waals surface area contributed by atoms with Crippen LogP contribution in [0.1, 0.15) is 24.5 Å². The average molecular weight is 264 g/mol. The number of halogens is 2. The molecule has 0 radical (unpaired) electrons. The number of hydrogen-bond donors (Lipinski definition) is 0. The molecule has 0 amide bonds. The minimum absolute atomic E-state index is 0. The second-order valence-electron chi connectivity index (χ2n) is 3.25. The maximum Gasteiger partial charge on any atom is -0.147 e. The molecular weight excluding hydrogens is 251 g/mol. The summed E-state index contributed by atoms with van der Waals surface area (Å²) in [5.74, 6) is 0. The Labute approximate surface area is 109 Å². The summed E-state index contributed by atoms with van der Waals surface area (Å²) in [5, 5.41) is 0. The largest absolute Gasteiger partial charge is 0.147 e. The van der Waals surface area contributed by atoms with Gasteiger partial charge in [-0.3, -0.25) is 0 Å². The van der Waals surface area contributed by atoms with Gasteiger partial charge in [-0.2, -0.15) is 0 Å². The number of allylic oxidation sites excluding steroid dienone is 1. The SMILES string of the molecule is CC[C]1([Ti])C=Cc2ccccc21.Cl.Cl. The Balaban J connectivity index is 0.000000845. The van der Waals surface area contributed by atoms with Gasteiger partial charge < -0.3 is 0 Å². The molecule has 0 heterocycles. The van der Waals surface area contributed by atoms with Crippen LogP contribution in [0, 0.1) is 0 Å². The second-order valence-corrected chi connectivity index (χ2v) is 4.64. The van der Waals surface area contributed by atoms with Gasteiger partial charge in [0.2, 0.25) is 0 Å². The second kappa shape index (κ2) is 5.37. The van der Waals surface area contributed by atoms with Gasteiger partial charge in [0, 0.05) is 0 Å². The zero-order chi connectivity index (χ0) is 8.60. The third-order valence-corrected chi connectivity index (χ3v) is 3.78. The fourth-order valence-electron chi connectivity index (χ4n) is 1.68. The molecule has 1 aliphatic carbocycles. The van der Waals surface area contributed by atoms with Crippen molar-refractivity contribution in [2.75, 3.05) is 0 Å². The molecule has 0 spiro atoms. The van der Waals surface area contributed by atoms with Gasteiger partial charge in [-0.15, -0.1) is 24.8 Å². The predicted molar refractivity (Wildman–Crippen MR) is 61.9 cm³/mol. The summed E-state index contributed by atoms with van der Waals surface area (Å²) in [5.41, 5.74) is 2.87. The Morgan fingerprint density at radius 1 is 1.21 bits per heavy atom. The summed E-state index contributed by atoms with van der Waals surface area (Å²) in [6, 6.07) is 8.65. The van der Waals surface area contributed by atoms with E-state index in [-0.39, 0.29) is 28.5 Å². The molecule has 0 aliphatic heterocycles. The molecule has 0 saturated heterocycles. The first kappa shape index (κ1) is 14.3. The van der Waals surface area contributed by atoms with Crippen molar-refractivity contribution in [3.63, 3.8) is 0 Å². The number of rotatable bonds is 1. The van der Waals surface area contributed by atoms with Crippen LogP contribution in [0.3, 0.4) is 0 Å².